The van der Waals surface area contributed by atoms with Crippen LogP contribution in [-0.4, -0.2) is 41.3 Å². The minimum Gasteiger partial charge on any atom is -0.379 e. The molecule has 0 unspecified atom stereocenters. The number of rotatable bonds is 4. The van der Waals surface area contributed by atoms with Gasteiger partial charge in [-0.2, -0.15) is 0 Å². The third-order valence-corrected chi connectivity index (χ3v) is 2.69. The lowest BCUT2D eigenvalue weighted by molar-refractivity contribution is 0.0495. The van der Waals surface area contributed by atoms with Crippen molar-refractivity contribution in [3.05, 3.63) is 17.0 Å². The van der Waals surface area contributed by atoms with Gasteiger partial charge in [0.1, 0.15) is 16.8 Å². The normalized spacial score (nSPS) is 17.1. The van der Waals surface area contributed by atoms with Crippen molar-refractivity contribution in [3.8, 4) is 0 Å². The molecule has 0 spiro atoms. The number of ether oxygens (including phenoxy) is 1. The van der Waals surface area contributed by atoms with Crippen LogP contribution in [0.2, 0.25) is 5.15 Å². The van der Waals surface area contributed by atoms with Gasteiger partial charge in [0.15, 0.2) is 0 Å². The summed E-state index contributed by atoms with van der Waals surface area (Å²) in [6.07, 6.45) is 1.86. The maximum absolute atomic E-state index is 5.97. The van der Waals surface area contributed by atoms with E-state index in [4.69, 9.17) is 16.3 Å². The number of anilines is 1. The summed E-state index contributed by atoms with van der Waals surface area (Å²) in [5.41, 5.74) is 3.24. The van der Waals surface area contributed by atoms with Gasteiger partial charge in [-0.05, 0) is 6.42 Å². The lowest BCUT2D eigenvalue weighted by Crippen LogP contribution is -2.40. The second kappa shape index (κ2) is 6.14. The molecule has 1 aromatic rings. The first-order valence-corrected chi connectivity index (χ1v) is 6.28. The van der Waals surface area contributed by atoms with Gasteiger partial charge in [0, 0.05) is 25.6 Å². The highest BCUT2D eigenvalue weighted by Crippen LogP contribution is 2.13. The Morgan fingerprint density at radius 3 is 2.88 bits per heavy atom. The summed E-state index contributed by atoms with van der Waals surface area (Å²) in [5.74, 6) is 1.55. The zero-order valence-corrected chi connectivity index (χ0v) is 10.7. The number of nitrogens with zero attached hydrogens (tertiary/aromatic N) is 3. The highest BCUT2D eigenvalue weighted by molar-refractivity contribution is 6.29. The minimum atomic E-state index is 0.485. The Kier molecular flexibility index (Phi) is 4.53. The summed E-state index contributed by atoms with van der Waals surface area (Å²) in [4.78, 5) is 8.62. The zero-order chi connectivity index (χ0) is 12.1. The summed E-state index contributed by atoms with van der Waals surface area (Å²) < 4.78 is 5.28. The summed E-state index contributed by atoms with van der Waals surface area (Å²) in [5, 5.41) is 2.57. The Labute approximate surface area is 106 Å². The predicted molar refractivity (Wildman–Crippen MR) is 67.1 cm³/mol. The Balaban J connectivity index is 2.03. The molecule has 0 saturated carbocycles. The number of aromatic nitrogens is 2. The molecule has 1 aliphatic rings. The molecule has 6 heteroatoms. The van der Waals surface area contributed by atoms with Crippen molar-refractivity contribution in [2.45, 2.75) is 19.8 Å². The molecule has 0 radical (unpaired) electrons. The summed E-state index contributed by atoms with van der Waals surface area (Å²) in [6.45, 7) is 5.29. The van der Waals surface area contributed by atoms with Gasteiger partial charge < -0.3 is 10.2 Å². The first kappa shape index (κ1) is 12.5. The van der Waals surface area contributed by atoms with Crippen LogP contribution < -0.4 is 5.43 Å². The van der Waals surface area contributed by atoms with E-state index in [-0.39, 0.29) is 0 Å². The van der Waals surface area contributed by atoms with Crippen molar-refractivity contribution in [2.24, 2.45) is 0 Å². The standard InChI is InChI=1S/C11H17ClN4O/c1-2-3-10-13-9(12)8-11(14-10)15-16-4-6-17-7-5-16/h8H,2-7H2,1H3,(H,13,14,15). The van der Waals surface area contributed by atoms with Crippen molar-refractivity contribution in [1.82, 2.24) is 15.0 Å². The van der Waals surface area contributed by atoms with Crippen LogP contribution in [-0.2, 0) is 11.2 Å². The monoisotopic (exact) mass is 256 g/mol. The van der Waals surface area contributed by atoms with Gasteiger partial charge in [-0.3, -0.25) is 0 Å². The summed E-state index contributed by atoms with van der Waals surface area (Å²) in [7, 11) is 0. The number of morpholine rings is 1. The summed E-state index contributed by atoms with van der Waals surface area (Å²) in [6, 6.07) is 1.75. The second-order valence-electron chi connectivity index (χ2n) is 3.95. The van der Waals surface area contributed by atoms with Crippen LogP contribution in [0.3, 0.4) is 0 Å². The van der Waals surface area contributed by atoms with Crippen molar-refractivity contribution < 1.29 is 4.74 Å². The quantitative estimate of drug-likeness (QED) is 0.832. The maximum atomic E-state index is 5.97. The number of nitrogens with one attached hydrogen (secondary N) is 1. The van der Waals surface area contributed by atoms with Crippen LogP contribution in [0.15, 0.2) is 6.07 Å². The van der Waals surface area contributed by atoms with Gasteiger partial charge in [0.25, 0.3) is 0 Å². The molecule has 2 rings (SSSR count). The van der Waals surface area contributed by atoms with E-state index in [1.165, 1.54) is 0 Å². The molecule has 1 aliphatic heterocycles. The van der Waals surface area contributed by atoms with E-state index in [1.54, 1.807) is 6.07 Å². The summed E-state index contributed by atoms with van der Waals surface area (Å²) >= 11 is 5.97. The van der Waals surface area contributed by atoms with E-state index in [0.29, 0.717) is 5.15 Å². The molecule has 0 bridgehead atoms. The molecular weight excluding hydrogens is 240 g/mol. The van der Waals surface area contributed by atoms with Crippen molar-refractivity contribution in [3.63, 3.8) is 0 Å². The second-order valence-corrected chi connectivity index (χ2v) is 4.34. The molecule has 94 valence electrons. The van der Waals surface area contributed by atoms with Crippen molar-refractivity contribution in [2.75, 3.05) is 31.7 Å². The van der Waals surface area contributed by atoms with Gasteiger partial charge >= 0.3 is 0 Å². The van der Waals surface area contributed by atoms with E-state index in [9.17, 15) is 0 Å². The number of halogens is 1. The van der Waals surface area contributed by atoms with Crippen LogP contribution in [0.25, 0.3) is 0 Å². The largest absolute Gasteiger partial charge is 0.379 e. The molecule has 1 fully saturated rings. The smallest absolute Gasteiger partial charge is 0.145 e. The Bertz CT molecular complexity index is 368. The fourth-order valence-corrected chi connectivity index (χ4v) is 1.90. The van der Waals surface area contributed by atoms with Crippen molar-refractivity contribution >= 4 is 17.4 Å². The minimum absolute atomic E-state index is 0.485. The van der Waals surface area contributed by atoms with Gasteiger partial charge in [-0.1, -0.05) is 18.5 Å². The molecule has 5 nitrogen and oxygen atoms in total. The zero-order valence-electron chi connectivity index (χ0n) is 9.95. The average Bonchev–Trinajstić information content (AvgIpc) is 2.30. The maximum Gasteiger partial charge on any atom is 0.145 e. The fraction of sp³-hybridized carbons (Fsp3) is 0.636. The number of hydrogen-bond donors (Lipinski definition) is 1. The molecule has 1 aromatic heterocycles. The fourth-order valence-electron chi connectivity index (χ4n) is 1.69. The van der Waals surface area contributed by atoms with E-state index in [2.05, 4.69) is 27.3 Å². The number of hydrogen-bond acceptors (Lipinski definition) is 5. The van der Waals surface area contributed by atoms with Gasteiger partial charge in [-0.15, -0.1) is 0 Å². The van der Waals surface area contributed by atoms with Crippen molar-refractivity contribution in [1.29, 1.82) is 0 Å². The Hall–Kier alpha value is -0.910. The molecule has 1 N–H and O–H groups in total. The highest BCUT2D eigenvalue weighted by Gasteiger charge is 2.11. The topological polar surface area (TPSA) is 50.3 Å². The first-order valence-electron chi connectivity index (χ1n) is 5.90. The van der Waals surface area contributed by atoms with E-state index >= 15 is 0 Å². The SMILES string of the molecule is CCCc1nc(Cl)cc(NN2CCOCC2)n1. The highest BCUT2D eigenvalue weighted by atomic mass is 35.5. The van der Waals surface area contributed by atoms with Gasteiger partial charge in [0.05, 0.1) is 13.2 Å². The lowest BCUT2D eigenvalue weighted by Gasteiger charge is -2.27. The van der Waals surface area contributed by atoms with Crippen LogP contribution in [0.5, 0.6) is 0 Å². The molecule has 0 aliphatic carbocycles. The molecule has 0 aromatic carbocycles. The van der Waals surface area contributed by atoms with Crippen LogP contribution in [0.4, 0.5) is 5.82 Å². The lowest BCUT2D eigenvalue weighted by atomic mass is 10.3. The molecule has 2 heterocycles. The van der Waals surface area contributed by atoms with Crippen LogP contribution >= 0.6 is 11.6 Å². The predicted octanol–water partition coefficient (Wildman–Crippen LogP) is 1.74. The van der Waals surface area contributed by atoms with Crippen LogP contribution in [0.1, 0.15) is 19.2 Å². The third-order valence-electron chi connectivity index (χ3n) is 2.50. The Morgan fingerprint density at radius 2 is 2.18 bits per heavy atom. The molecule has 0 atom stereocenters. The first-order chi connectivity index (χ1) is 8.28. The number of hydrazine groups is 1. The van der Waals surface area contributed by atoms with E-state index in [1.807, 2.05) is 0 Å². The van der Waals surface area contributed by atoms with E-state index in [0.717, 1.165) is 50.8 Å². The average molecular weight is 257 g/mol. The molecule has 0 amide bonds. The number of aryl methyl sites for hydroxylation is 1. The Morgan fingerprint density at radius 1 is 1.41 bits per heavy atom. The molecule has 1 saturated heterocycles. The van der Waals surface area contributed by atoms with Gasteiger partial charge in [-0.25, -0.2) is 15.0 Å². The molecule has 17 heavy (non-hydrogen) atoms. The molecular formula is C11H17ClN4O. The van der Waals surface area contributed by atoms with Gasteiger partial charge in [0.2, 0.25) is 0 Å². The third kappa shape index (κ3) is 3.80. The van der Waals surface area contributed by atoms with E-state index < -0.39 is 0 Å². The van der Waals surface area contributed by atoms with Crippen LogP contribution in [0, 0.1) is 0 Å².